The van der Waals surface area contributed by atoms with Crippen molar-refractivity contribution in [1.82, 2.24) is 4.90 Å². The molecular formula is C17H23N3O4. The van der Waals surface area contributed by atoms with E-state index in [0.717, 1.165) is 0 Å². The number of nitrogens with one attached hydrogen (secondary N) is 2. The molecular weight excluding hydrogens is 310 g/mol. The lowest BCUT2D eigenvalue weighted by atomic mass is 10.1. The SMILES string of the molecule is COC[C@@H](C)N1C[C@H](C(=O)Nc2cccc(NC(C)=O)c2)CC1=O. The largest absolute Gasteiger partial charge is 0.383 e. The van der Waals surface area contributed by atoms with E-state index in [1.165, 1.54) is 6.92 Å². The molecule has 2 atom stereocenters. The number of carbonyl (C=O) groups is 3. The fraction of sp³-hybridized carbons (Fsp3) is 0.471. The third-order valence-electron chi connectivity index (χ3n) is 3.92. The van der Waals surface area contributed by atoms with Gasteiger partial charge in [-0.2, -0.15) is 0 Å². The number of hydrogen-bond donors (Lipinski definition) is 2. The van der Waals surface area contributed by atoms with Gasteiger partial charge in [0.2, 0.25) is 17.7 Å². The first-order chi connectivity index (χ1) is 11.4. The first-order valence-electron chi connectivity index (χ1n) is 7.87. The number of carbonyl (C=O) groups excluding carboxylic acids is 3. The van der Waals surface area contributed by atoms with Crippen LogP contribution in [-0.2, 0) is 19.1 Å². The molecule has 3 amide bonds. The van der Waals surface area contributed by atoms with Crippen LogP contribution in [0.1, 0.15) is 20.3 Å². The Kier molecular flexibility index (Phi) is 5.92. The summed E-state index contributed by atoms with van der Waals surface area (Å²) in [6.45, 7) is 4.16. The average molecular weight is 333 g/mol. The minimum atomic E-state index is -0.388. The Balaban J connectivity index is 1.98. The van der Waals surface area contributed by atoms with Crippen LogP contribution in [0.15, 0.2) is 24.3 Å². The third kappa shape index (κ3) is 4.55. The van der Waals surface area contributed by atoms with Gasteiger partial charge >= 0.3 is 0 Å². The number of methoxy groups -OCH3 is 1. The molecule has 7 nitrogen and oxygen atoms in total. The van der Waals surface area contributed by atoms with Gasteiger partial charge in [0.05, 0.1) is 18.6 Å². The zero-order valence-corrected chi connectivity index (χ0v) is 14.2. The Morgan fingerprint density at radius 2 is 2.00 bits per heavy atom. The molecule has 0 spiro atoms. The molecule has 0 radical (unpaired) electrons. The summed E-state index contributed by atoms with van der Waals surface area (Å²) < 4.78 is 5.07. The molecule has 0 bridgehead atoms. The maximum absolute atomic E-state index is 12.4. The maximum Gasteiger partial charge on any atom is 0.229 e. The molecule has 7 heteroatoms. The van der Waals surface area contributed by atoms with Crippen molar-refractivity contribution >= 4 is 29.1 Å². The highest BCUT2D eigenvalue weighted by molar-refractivity contribution is 5.98. The van der Waals surface area contributed by atoms with Crippen LogP contribution in [0.25, 0.3) is 0 Å². The summed E-state index contributed by atoms with van der Waals surface area (Å²) >= 11 is 0. The van der Waals surface area contributed by atoms with Gasteiger partial charge < -0.3 is 20.3 Å². The van der Waals surface area contributed by atoms with Crippen molar-refractivity contribution < 1.29 is 19.1 Å². The van der Waals surface area contributed by atoms with E-state index in [2.05, 4.69) is 10.6 Å². The molecule has 0 aromatic heterocycles. The molecule has 2 N–H and O–H groups in total. The number of likely N-dealkylation sites (tertiary alicyclic amines) is 1. The molecule has 1 heterocycles. The summed E-state index contributed by atoms with van der Waals surface area (Å²) in [6.07, 6.45) is 0.200. The van der Waals surface area contributed by atoms with Crippen molar-refractivity contribution in [1.29, 1.82) is 0 Å². The Labute approximate surface area is 141 Å². The van der Waals surface area contributed by atoms with E-state index in [0.29, 0.717) is 24.5 Å². The number of benzene rings is 1. The normalized spacial score (nSPS) is 18.4. The Morgan fingerprint density at radius 3 is 2.62 bits per heavy atom. The first kappa shape index (κ1) is 17.9. The number of ether oxygens (including phenoxy) is 1. The fourth-order valence-corrected chi connectivity index (χ4v) is 2.79. The highest BCUT2D eigenvalue weighted by Crippen LogP contribution is 2.23. The first-order valence-corrected chi connectivity index (χ1v) is 7.87. The maximum atomic E-state index is 12.4. The fourth-order valence-electron chi connectivity index (χ4n) is 2.79. The lowest BCUT2D eigenvalue weighted by Crippen LogP contribution is -2.38. The molecule has 2 rings (SSSR count). The van der Waals surface area contributed by atoms with Gasteiger partial charge in [0.15, 0.2) is 0 Å². The van der Waals surface area contributed by atoms with E-state index in [-0.39, 0.29) is 36.1 Å². The molecule has 1 aliphatic rings. The monoisotopic (exact) mass is 333 g/mol. The van der Waals surface area contributed by atoms with Crippen LogP contribution in [-0.4, -0.2) is 48.9 Å². The summed E-state index contributed by atoms with van der Waals surface area (Å²) in [5.41, 5.74) is 1.19. The molecule has 1 aliphatic heterocycles. The van der Waals surface area contributed by atoms with Crippen molar-refractivity contribution in [3.05, 3.63) is 24.3 Å². The number of anilines is 2. The van der Waals surface area contributed by atoms with E-state index in [1.54, 1.807) is 36.3 Å². The molecule has 1 saturated heterocycles. The van der Waals surface area contributed by atoms with Crippen molar-refractivity contribution in [2.45, 2.75) is 26.3 Å². The Hall–Kier alpha value is -2.41. The average Bonchev–Trinajstić information content (AvgIpc) is 2.89. The summed E-state index contributed by atoms with van der Waals surface area (Å²) in [6, 6.07) is 6.85. The van der Waals surface area contributed by atoms with Gasteiger partial charge in [0.1, 0.15) is 0 Å². The molecule has 24 heavy (non-hydrogen) atoms. The third-order valence-corrected chi connectivity index (χ3v) is 3.92. The second kappa shape index (κ2) is 7.92. The standard InChI is InChI=1S/C17H23N3O4/c1-11(10-24-3)20-9-13(7-16(20)22)17(23)19-15-6-4-5-14(8-15)18-12(2)21/h4-6,8,11,13H,7,9-10H2,1-3H3,(H,18,21)(H,19,23)/t11-,13-/m1/s1. The van der Waals surface area contributed by atoms with Crippen LogP contribution >= 0.6 is 0 Å². The lowest BCUT2D eigenvalue weighted by Gasteiger charge is -2.23. The van der Waals surface area contributed by atoms with E-state index in [4.69, 9.17) is 4.74 Å². The van der Waals surface area contributed by atoms with Gasteiger partial charge in [-0.05, 0) is 25.1 Å². The van der Waals surface area contributed by atoms with Gasteiger partial charge in [-0.25, -0.2) is 0 Å². The van der Waals surface area contributed by atoms with Crippen LogP contribution < -0.4 is 10.6 Å². The molecule has 1 aromatic carbocycles. The predicted octanol–water partition coefficient (Wildman–Crippen LogP) is 1.47. The number of nitrogens with zero attached hydrogens (tertiary/aromatic N) is 1. The van der Waals surface area contributed by atoms with Crippen LogP contribution in [0.2, 0.25) is 0 Å². The summed E-state index contributed by atoms with van der Waals surface area (Å²) in [4.78, 5) is 37.3. The van der Waals surface area contributed by atoms with Gasteiger partial charge in [-0.1, -0.05) is 6.07 Å². The van der Waals surface area contributed by atoms with E-state index >= 15 is 0 Å². The van der Waals surface area contributed by atoms with Gasteiger partial charge in [0, 0.05) is 38.4 Å². The zero-order valence-electron chi connectivity index (χ0n) is 14.2. The molecule has 0 aliphatic carbocycles. The van der Waals surface area contributed by atoms with Crippen molar-refractivity contribution in [3.8, 4) is 0 Å². The minimum absolute atomic E-state index is 0.0355. The number of hydrogen-bond acceptors (Lipinski definition) is 4. The molecule has 1 aromatic rings. The van der Waals surface area contributed by atoms with Gasteiger partial charge in [0.25, 0.3) is 0 Å². The smallest absolute Gasteiger partial charge is 0.229 e. The second-order valence-corrected chi connectivity index (χ2v) is 6.00. The van der Waals surface area contributed by atoms with Crippen LogP contribution in [0, 0.1) is 5.92 Å². The van der Waals surface area contributed by atoms with E-state index < -0.39 is 0 Å². The van der Waals surface area contributed by atoms with Crippen LogP contribution in [0.5, 0.6) is 0 Å². The molecule has 0 saturated carbocycles. The van der Waals surface area contributed by atoms with Crippen molar-refractivity contribution in [3.63, 3.8) is 0 Å². The van der Waals surface area contributed by atoms with Gasteiger partial charge in [-0.3, -0.25) is 14.4 Å². The minimum Gasteiger partial charge on any atom is -0.383 e. The quantitative estimate of drug-likeness (QED) is 0.825. The van der Waals surface area contributed by atoms with Gasteiger partial charge in [-0.15, -0.1) is 0 Å². The van der Waals surface area contributed by atoms with Crippen molar-refractivity contribution in [2.24, 2.45) is 5.92 Å². The zero-order chi connectivity index (χ0) is 17.7. The lowest BCUT2D eigenvalue weighted by molar-refractivity contribution is -0.130. The van der Waals surface area contributed by atoms with Crippen molar-refractivity contribution in [2.75, 3.05) is 30.9 Å². The van der Waals surface area contributed by atoms with E-state index in [1.807, 2.05) is 6.92 Å². The summed E-state index contributed by atoms with van der Waals surface area (Å²) in [5.74, 6) is -0.800. The Morgan fingerprint density at radius 1 is 1.33 bits per heavy atom. The Bertz CT molecular complexity index is 632. The van der Waals surface area contributed by atoms with E-state index in [9.17, 15) is 14.4 Å². The van der Waals surface area contributed by atoms with Crippen LogP contribution in [0.3, 0.4) is 0 Å². The second-order valence-electron chi connectivity index (χ2n) is 6.00. The highest BCUT2D eigenvalue weighted by atomic mass is 16.5. The molecule has 130 valence electrons. The highest BCUT2D eigenvalue weighted by Gasteiger charge is 2.36. The number of amides is 3. The van der Waals surface area contributed by atoms with Crippen LogP contribution in [0.4, 0.5) is 11.4 Å². The molecule has 1 fully saturated rings. The number of rotatable bonds is 6. The molecule has 0 unspecified atom stereocenters. The summed E-state index contributed by atoms with van der Waals surface area (Å²) in [5, 5.41) is 5.47. The topological polar surface area (TPSA) is 87.7 Å². The predicted molar refractivity (Wildman–Crippen MR) is 90.5 cm³/mol. The summed E-state index contributed by atoms with van der Waals surface area (Å²) in [7, 11) is 1.59.